The van der Waals surface area contributed by atoms with E-state index >= 15 is 0 Å². The Morgan fingerprint density at radius 1 is 1.56 bits per heavy atom. The van der Waals surface area contributed by atoms with Crippen LogP contribution in [0.15, 0.2) is 0 Å². The van der Waals surface area contributed by atoms with Crippen LogP contribution >= 0.6 is 0 Å². The maximum atomic E-state index is 10.9. The van der Waals surface area contributed by atoms with Crippen LogP contribution < -0.4 is 5.73 Å². The van der Waals surface area contributed by atoms with Gasteiger partial charge in [-0.15, -0.1) is 0 Å². The minimum atomic E-state index is 0.111. The van der Waals surface area contributed by atoms with Crippen molar-refractivity contribution in [2.75, 3.05) is 0 Å². The lowest BCUT2D eigenvalue weighted by atomic mass is 9.53. The van der Waals surface area contributed by atoms with E-state index in [1.54, 1.807) is 0 Å². The number of ketones is 1. The average Bonchev–Trinajstić information content (AvgIpc) is 1.77. The Labute approximate surface area is 54.4 Å². The molecule has 50 valence electrons. The summed E-state index contributed by atoms with van der Waals surface area (Å²) in [4.78, 5) is 10.9. The molecule has 0 saturated heterocycles. The molecule has 2 aliphatic rings. The molecule has 0 heterocycles. The maximum Gasteiger partial charge on any atom is 0.139 e. The molecule has 0 aliphatic heterocycles. The Hall–Kier alpha value is -0.370. The van der Waals surface area contributed by atoms with E-state index in [9.17, 15) is 4.79 Å². The van der Waals surface area contributed by atoms with Crippen LogP contribution in [0.5, 0.6) is 0 Å². The molecule has 0 aromatic rings. The average molecular weight is 125 g/mol. The molecule has 2 nitrogen and oxygen atoms in total. The molecule has 2 rings (SSSR count). The molecule has 2 N–H and O–H groups in total. The van der Waals surface area contributed by atoms with Gasteiger partial charge in [0.25, 0.3) is 0 Å². The Balaban J connectivity index is 2.05. The third-order valence-corrected chi connectivity index (χ3v) is 2.73. The van der Waals surface area contributed by atoms with E-state index < -0.39 is 0 Å². The highest BCUT2D eigenvalue weighted by atomic mass is 16.1. The van der Waals surface area contributed by atoms with Gasteiger partial charge in [0.05, 0.1) is 0 Å². The van der Waals surface area contributed by atoms with Gasteiger partial charge in [0.15, 0.2) is 0 Å². The highest BCUT2D eigenvalue weighted by molar-refractivity contribution is 5.91. The fourth-order valence-electron chi connectivity index (χ4n) is 1.96. The van der Waals surface area contributed by atoms with Crippen molar-refractivity contribution in [3.63, 3.8) is 0 Å². The molecule has 2 heteroatoms. The summed E-state index contributed by atoms with van der Waals surface area (Å²) < 4.78 is 0. The topological polar surface area (TPSA) is 43.1 Å². The van der Waals surface area contributed by atoms with Gasteiger partial charge in [-0.25, -0.2) is 0 Å². The summed E-state index contributed by atoms with van der Waals surface area (Å²) in [5.74, 6) is 0.462. The van der Waals surface area contributed by atoms with Crippen LogP contribution in [0.1, 0.15) is 25.7 Å². The minimum Gasteiger partial charge on any atom is -0.328 e. The van der Waals surface area contributed by atoms with Crippen molar-refractivity contribution in [1.29, 1.82) is 0 Å². The number of hydrogen-bond acceptors (Lipinski definition) is 2. The second-order valence-corrected chi connectivity index (χ2v) is 3.37. The van der Waals surface area contributed by atoms with Gasteiger partial charge >= 0.3 is 0 Å². The Bertz CT molecular complexity index is 158. The van der Waals surface area contributed by atoms with Crippen molar-refractivity contribution in [1.82, 2.24) is 0 Å². The molecule has 2 aliphatic carbocycles. The van der Waals surface area contributed by atoms with Gasteiger partial charge in [-0.3, -0.25) is 4.79 Å². The second-order valence-electron chi connectivity index (χ2n) is 3.37. The van der Waals surface area contributed by atoms with E-state index in [-0.39, 0.29) is 5.41 Å². The molecule has 2 fully saturated rings. The quantitative estimate of drug-likeness (QED) is 0.511. The zero-order chi connectivity index (χ0) is 6.48. The molecular formula is C7H11NO. The van der Waals surface area contributed by atoms with E-state index in [4.69, 9.17) is 5.73 Å². The molecule has 0 atom stereocenters. The predicted molar refractivity (Wildman–Crippen MR) is 33.9 cm³/mol. The molecule has 1 spiro atoms. The summed E-state index contributed by atoms with van der Waals surface area (Å²) in [6.45, 7) is 0. The smallest absolute Gasteiger partial charge is 0.139 e. The van der Waals surface area contributed by atoms with Crippen molar-refractivity contribution in [3.05, 3.63) is 0 Å². The highest BCUT2D eigenvalue weighted by Crippen LogP contribution is 2.52. The first-order chi connectivity index (χ1) is 4.23. The van der Waals surface area contributed by atoms with Crippen LogP contribution in [0.25, 0.3) is 0 Å². The first kappa shape index (κ1) is 5.42. The van der Waals surface area contributed by atoms with Crippen LogP contribution in [-0.4, -0.2) is 11.8 Å². The lowest BCUT2D eigenvalue weighted by Crippen LogP contribution is -2.56. The van der Waals surface area contributed by atoms with Gasteiger partial charge in [-0.2, -0.15) is 0 Å². The van der Waals surface area contributed by atoms with Gasteiger partial charge in [-0.05, 0) is 19.3 Å². The van der Waals surface area contributed by atoms with Gasteiger partial charge in [0, 0.05) is 17.9 Å². The van der Waals surface area contributed by atoms with Crippen LogP contribution in [0.2, 0.25) is 0 Å². The first-order valence-corrected chi connectivity index (χ1v) is 3.52. The molecule has 0 radical (unpaired) electrons. The number of Topliss-reactive ketones (excluding diaryl/α,β-unsaturated/α-hetero) is 1. The zero-order valence-corrected chi connectivity index (χ0v) is 5.39. The lowest BCUT2D eigenvalue weighted by molar-refractivity contribution is -0.146. The van der Waals surface area contributed by atoms with Crippen LogP contribution in [0.4, 0.5) is 0 Å². The van der Waals surface area contributed by atoms with E-state index in [0.29, 0.717) is 11.8 Å². The van der Waals surface area contributed by atoms with Crippen LogP contribution in [0, 0.1) is 5.41 Å². The number of hydrogen-bond donors (Lipinski definition) is 1. The predicted octanol–water partition coefficient (Wildman–Crippen LogP) is 0.457. The highest BCUT2D eigenvalue weighted by Gasteiger charge is 2.53. The summed E-state index contributed by atoms with van der Waals surface area (Å²) in [7, 11) is 0. The minimum absolute atomic E-state index is 0.111. The number of carbonyl (C=O) groups is 1. The molecule has 0 bridgehead atoms. The Kier molecular flexibility index (Phi) is 0.826. The number of carbonyl (C=O) groups excluding carboxylic acids is 1. The summed E-state index contributed by atoms with van der Waals surface area (Å²) in [6.07, 6.45) is 3.85. The number of rotatable bonds is 0. The van der Waals surface area contributed by atoms with Crippen molar-refractivity contribution in [2.24, 2.45) is 11.1 Å². The fourth-order valence-corrected chi connectivity index (χ4v) is 1.96. The van der Waals surface area contributed by atoms with Crippen LogP contribution in [0.3, 0.4) is 0 Å². The van der Waals surface area contributed by atoms with Crippen molar-refractivity contribution in [3.8, 4) is 0 Å². The van der Waals surface area contributed by atoms with Crippen molar-refractivity contribution >= 4 is 5.78 Å². The van der Waals surface area contributed by atoms with Crippen molar-refractivity contribution < 1.29 is 4.79 Å². The molecule has 2 saturated carbocycles. The lowest BCUT2D eigenvalue weighted by Gasteiger charge is -2.50. The zero-order valence-electron chi connectivity index (χ0n) is 5.39. The summed E-state index contributed by atoms with van der Waals surface area (Å²) in [6, 6.07) is 0.328. The normalized spacial score (nSPS) is 48.6. The van der Waals surface area contributed by atoms with E-state index in [2.05, 4.69) is 0 Å². The summed E-state index contributed by atoms with van der Waals surface area (Å²) in [5, 5.41) is 0. The van der Waals surface area contributed by atoms with Crippen molar-refractivity contribution in [2.45, 2.75) is 31.7 Å². The van der Waals surface area contributed by atoms with Gasteiger partial charge < -0.3 is 5.73 Å². The van der Waals surface area contributed by atoms with E-state index in [0.717, 1.165) is 25.7 Å². The standard InChI is InChI=1S/C7H11NO/c8-5-3-7(4-5)2-1-6(7)9/h5H,1-4,8H2. The molecule has 0 aromatic heterocycles. The molecule has 0 unspecified atom stereocenters. The first-order valence-electron chi connectivity index (χ1n) is 3.52. The number of nitrogens with two attached hydrogens (primary N) is 1. The summed E-state index contributed by atoms with van der Waals surface area (Å²) in [5.41, 5.74) is 5.68. The largest absolute Gasteiger partial charge is 0.328 e. The third-order valence-electron chi connectivity index (χ3n) is 2.73. The molecule has 0 aromatic carbocycles. The monoisotopic (exact) mass is 125 g/mol. The summed E-state index contributed by atoms with van der Waals surface area (Å²) >= 11 is 0. The van der Waals surface area contributed by atoms with Gasteiger partial charge in [-0.1, -0.05) is 0 Å². The Morgan fingerprint density at radius 2 is 2.22 bits per heavy atom. The van der Waals surface area contributed by atoms with Gasteiger partial charge in [0.1, 0.15) is 5.78 Å². The fraction of sp³-hybridized carbons (Fsp3) is 0.857. The second kappa shape index (κ2) is 1.37. The van der Waals surface area contributed by atoms with E-state index in [1.807, 2.05) is 0 Å². The third kappa shape index (κ3) is 0.517. The maximum absolute atomic E-state index is 10.9. The van der Waals surface area contributed by atoms with Gasteiger partial charge in [0.2, 0.25) is 0 Å². The molecule has 0 amide bonds. The Morgan fingerprint density at radius 3 is 2.33 bits per heavy atom. The van der Waals surface area contributed by atoms with E-state index in [1.165, 1.54) is 0 Å². The molecule has 9 heavy (non-hydrogen) atoms. The SMILES string of the molecule is NC1CC2(CCC2=O)C1. The van der Waals surface area contributed by atoms with Crippen LogP contribution in [-0.2, 0) is 4.79 Å². The molecular weight excluding hydrogens is 114 g/mol.